The Balaban J connectivity index is 1.92. The number of rotatable bonds is 5. The summed E-state index contributed by atoms with van der Waals surface area (Å²) in [6.07, 6.45) is 3.85. The molecule has 1 aliphatic carbocycles. The van der Waals surface area contributed by atoms with Gasteiger partial charge in [0, 0.05) is 17.0 Å². The van der Waals surface area contributed by atoms with E-state index in [0.717, 1.165) is 18.6 Å². The molecule has 0 aliphatic heterocycles. The van der Waals surface area contributed by atoms with Gasteiger partial charge in [-0.1, -0.05) is 18.2 Å². The van der Waals surface area contributed by atoms with Gasteiger partial charge < -0.3 is 9.84 Å². The minimum Gasteiger partial charge on any atom is -0.494 e. The highest BCUT2D eigenvalue weighted by atomic mass is 16.5. The average Bonchev–Trinajstić information content (AvgIpc) is 3.48. The Morgan fingerprint density at radius 3 is 2.50 bits per heavy atom. The maximum Gasteiger partial charge on any atom is 0.265 e. The largest absolute Gasteiger partial charge is 0.494 e. The third-order valence-electron chi connectivity index (χ3n) is 4.47. The summed E-state index contributed by atoms with van der Waals surface area (Å²) in [6, 6.07) is 14.7. The van der Waals surface area contributed by atoms with E-state index in [4.69, 9.17) is 4.74 Å². The predicted molar refractivity (Wildman–Crippen MR) is 103 cm³/mol. The van der Waals surface area contributed by atoms with Gasteiger partial charge in [0.05, 0.1) is 23.9 Å². The lowest BCUT2D eigenvalue weighted by Crippen LogP contribution is -2.20. The van der Waals surface area contributed by atoms with Gasteiger partial charge in [0.25, 0.3) is 5.56 Å². The second-order valence-corrected chi connectivity index (χ2v) is 6.36. The maximum atomic E-state index is 13.0. The fourth-order valence-electron chi connectivity index (χ4n) is 2.99. The van der Waals surface area contributed by atoms with Gasteiger partial charge in [-0.2, -0.15) is 0 Å². The lowest BCUT2D eigenvalue weighted by atomic mass is 10.1. The molecule has 0 spiro atoms. The standard InChI is InChI=1S/C21H20N2O3/c1-2-26-16-11-9-15(10-12-16)23-20(24)18-6-4-3-5-17(18)19(21(23)25)13-22-14-7-8-14/h3-6,9-14,25H,2,7-8H2,1H3. The Morgan fingerprint density at radius 1 is 1.15 bits per heavy atom. The Bertz CT molecular complexity index is 1030. The summed E-state index contributed by atoms with van der Waals surface area (Å²) in [5, 5.41) is 12.1. The highest BCUT2D eigenvalue weighted by Gasteiger charge is 2.21. The second-order valence-electron chi connectivity index (χ2n) is 6.36. The molecule has 0 unspecified atom stereocenters. The van der Waals surface area contributed by atoms with Crippen LogP contribution in [0.2, 0.25) is 0 Å². The van der Waals surface area contributed by atoms with Crippen LogP contribution >= 0.6 is 0 Å². The van der Waals surface area contributed by atoms with Crippen LogP contribution in [0.4, 0.5) is 0 Å². The van der Waals surface area contributed by atoms with Crippen LogP contribution in [-0.4, -0.2) is 28.5 Å². The minimum atomic E-state index is -0.258. The molecule has 132 valence electrons. The zero-order chi connectivity index (χ0) is 18.1. The van der Waals surface area contributed by atoms with Crippen LogP contribution in [0, 0.1) is 0 Å². The maximum absolute atomic E-state index is 13.0. The Hall–Kier alpha value is -3.08. The molecule has 3 aromatic rings. The predicted octanol–water partition coefficient (Wildman–Crippen LogP) is 3.68. The van der Waals surface area contributed by atoms with E-state index in [1.807, 2.05) is 25.1 Å². The molecule has 1 N–H and O–H groups in total. The normalized spacial score (nSPS) is 14.2. The summed E-state index contributed by atoms with van der Waals surface area (Å²) in [5.41, 5.74) is 0.898. The van der Waals surface area contributed by atoms with Crippen molar-refractivity contribution in [1.82, 2.24) is 4.57 Å². The molecular formula is C21H20N2O3. The van der Waals surface area contributed by atoms with Crippen LogP contribution in [0.15, 0.2) is 58.3 Å². The van der Waals surface area contributed by atoms with E-state index >= 15 is 0 Å². The molecule has 4 rings (SSSR count). The van der Waals surface area contributed by atoms with Crippen molar-refractivity contribution in [3.05, 3.63) is 64.4 Å². The summed E-state index contributed by atoms with van der Waals surface area (Å²) in [5.74, 6) is 0.627. The number of aliphatic imine (C=N–C) groups is 1. The van der Waals surface area contributed by atoms with E-state index in [1.165, 1.54) is 4.57 Å². The first-order valence-electron chi connectivity index (χ1n) is 8.82. The number of ether oxygens (including phenoxy) is 1. The SMILES string of the molecule is CCOc1ccc(-n2c(O)c(C=NC3CC3)c3ccccc3c2=O)cc1. The Morgan fingerprint density at radius 2 is 1.85 bits per heavy atom. The minimum absolute atomic E-state index is 0.0951. The zero-order valence-electron chi connectivity index (χ0n) is 14.6. The van der Waals surface area contributed by atoms with Crippen molar-refractivity contribution in [2.24, 2.45) is 4.99 Å². The monoisotopic (exact) mass is 348 g/mol. The average molecular weight is 348 g/mol. The molecule has 0 atom stereocenters. The van der Waals surface area contributed by atoms with Crippen molar-refractivity contribution in [1.29, 1.82) is 0 Å². The number of fused-ring (bicyclic) bond motifs is 1. The van der Waals surface area contributed by atoms with E-state index in [0.29, 0.717) is 34.7 Å². The third-order valence-corrected chi connectivity index (χ3v) is 4.47. The quantitative estimate of drug-likeness (QED) is 0.716. The number of hydrogen-bond acceptors (Lipinski definition) is 4. The third kappa shape index (κ3) is 2.96. The molecule has 1 heterocycles. The van der Waals surface area contributed by atoms with E-state index in [1.54, 1.807) is 36.5 Å². The summed E-state index contributed by atoms with van der Waals surface area (Å²) < 4.78 is 6.78. The van der Waals surface area contributed by atoms with Crippen molar-refractivity contribution in [2.45, 2.75) is 25.8 Å². The molecule has 26 heavy (non-hydrogen) atoms. The van der Waals surface area contributed by atoms with Gasteiger partial charge in [-0.3, -0.25) is 9.79 Å². The van der Waals surface area contributed by atoms with Crippen molar-refractivity contribution in [3.8, 4) is 17.3 Å². The van der Waals surface area contributed by atoms with Crippen LogP contribution in [-0.2, 0) is 0 Å². The van der Waals surface area contributed by atoms with Gasteiger partial charge in [-0.25, -0.2) is 4.57 Å². The second kappa shape index (κ2) is 6.67. The van der Waals surface area contributed by atoms with E-state index in [2.05, 4.69) is 4.99 Å². The van der Waals surface area contributed by atoms with Crippen LogP contribution < -0.4 is 10.3 Å². The molecule has 5 nitrogen and oxygen atoms in total. The molecule has 5 heteroatoms. The van der Waals surface area contributed by atoms with Gasteiger partial charge in [0.1, 0.15) is 5.75 Å². The highest BCUT2D eigenvalue weighted by molar-refractivity contribution is 6.01. The Kier molecular flexibility index (Phi) is 4.21. The van der Waals surface area contributed by atoms with E-state index < -0.39 is 0 Å². The smallest absolute Gasteiger partial charge is 0.265 e. The van der Waals surface area contributed by atoms with Crippen molar-refractivity contribution in [2.75, 3.05) is 6.61 Å². The summed E-state index contributed by atoms with van der Waals surface area (Å²) in [7, 11) is 0. The van der Waals surface area contributed by atoms with Crippen molar-refractivity contribution >= 4 is 17.0 Å². The van der Waals surface area contributed by atoms with Gasteiger partial charge in [-0.15, -0.1) is 0 Å². The van der Waals surface area contributed by atoms with Gasteiger partial charge in [0.2, 0.25) is 5.88 Å². The van der Waals surface area contributed by atoms with Gasteiger partial charge >= 0.3 is 0 Å². The molecule has 1 aliphatic rings. The fourth-order valence-corrected chi connectivity index (χ4v) is 2.99. The summed E-state index contributed by atoms with van der Waals surface area (Å²) in [4.78, 5) is 17.5. The molecule has 0 amide bonds. The molecule has 1 aromatic heterocycles. The van der Waals surface area contributed by atoms with Crippen molar-refractivity contribution in [3.63, 3.8) is 0 Å². The molecule has 0 saturated heterocycles. The number of nitrogens with zero attached hydrogens (tertiary/aromatic N) is 2. The lowest BCUT2D eigenvalue weighted by Gasteiger charge is -2.14. The lowest BCUT2D eigenvalue weighted by molar-refractivity contribution is 0.340. The van der Waals surface area contributed by atoms with Crippen LogP contribution in [0.5, 0.6) is 11.6 Å². The fraction of sp³-hybridized carbons (Fsp3) is 0.238. The van der Waals surface area contributed by atoms with Crippen LogP contribution in [0.25, 0.3) is 16.5 Å². The first kappa shape index (κ1) is 16.4. The molecule has 1 fully saturated rings. The van der Waals surface area contributed by atoms with Crippen LogP contribution in [0.3, 0.4) is 0 Å². The van der Waals surface area contributed by atoms with E-state index in [-0.39, 0.29) is 11.4 Å². The number of hydrogen-bond donors (Lipinski definition) is 1. The topological polar surface area (TPSA) is 63.8 Å². The first-order valence-corrected chi connectivity index (χ1v) is 8.82. The zero-order valence-corrected chi connectivity index (χ0v) is 14.6. The molecule has 0 radical (unpaired) electrons. The Labute approximate surface area is 151 Å². The van der Waals surface area contributed by atoms with E-state index in [9.17, 15) is 9.90 Å². The number of aromatic nitrogens is 1. The summed E-state index contributed by atoms with van der Waals surface area (Å²) >= 11 is 0. The molecule has 0 bridgehead atoms. The number of pyridine rings is 1. The molecular weight excluding hydrogens is 328 g/mol. The molecule has 1 saturated carbocycles. The van der Waals surface area contributed by atoms with Crippen molar-refractivity contribution < 1.29 is 9.84 Å². The highest BCUT2D eigenvalue weighted by Crippen LogP contribution is 2.28. The first-order chi connectivity index (χ1) is 12.7. The molecule has 2 aromatic carbocycles. The number of aromatic hydroxyl groups is 1. The number of benzene rings is 2. The van der Waals surface area contributed by atoms with Gasteiger partial charge in [-0.05, 0) is 50.1 Å². The summed E-state index contributed by atoms with van der Waals surface area (Å²) in [6.45, 7) is 2.49. The van der Waals surface area contributed by atoms with Crippen LogP contribution in [0.1, 0.15) is 25.3 Å². The van der Waals surface area contributed by atoms with Gasteiger partial charge in [0.15, 0.2) is 0 Å².